The topological polar surface area (TPSA) is 53.6 Å². The van der Waals surface area contributed by atoms with Crippen molar-refractivity contribution in [3.05, 3.63) is 53.7 Å². The van der Waals surface area contributed by atoms with Crippen LogP contribution in [0.5, 0.6) is 0 Å². The number of anilines is 1. The number of aromatic amines is 1. The molecule has 0 saturated carbocycles. The molecular formula is C21H24N4. The van der Waals surface area contributed by atoms with Crippen LogP contribution in [0.25, 0.3) is 22.4 Å². The molecule has 4 rings (SSSR count). The minimum atomic E-state index is 0.759. The molecule has 128 valence electrons. The number of nitrogens with zero attached hydrogens (tertiary/aromatic N) is 2. The number of aromatic nitrogens is 3. The summed E-state index contributed by atoms with van der Waals surface area (Å²) >= 11 is 0. The standard InChI is InChI=1S/C21H24N4/c1-15-14-18-20(22-13-12-16-8-4-2-5-9-16)24-19(25-21(18)23-15)17-10-6-3-7-11-17/h3,6-8,10-11,14H,2,4-5,9,12-13H2,1H3,(H2,22,23,24,25). The molecule has 3 aromatic rings. The number of aryl methyl sites for hydroxylation is 1. The lowest BCUT2D eigenvalue weighted by atomic mass is 9.97. The van der Waals surface area contributed by atoms with Gasteiger partial charge in [-0.1, -0.05) is 42.0 Å². The summed E-state index contributed by atoms with van der Waals surface area (Å²) in [5, 5.41) is 4.61. The van der Waals surface area contributed by atoms with E-state index in [0.29, 0.717) is 0 Å². The summed E-state index contributed by atoms with van der Waals surface area (Å²) in [6, 6.07) is 12.3. The fraction of sp³-hybridized carbons (Fsp3) is 0.333. The third-order valence-corrected chi connectivity index (χ3v) is 4.78. The molecule has 1 aliphatic rings. The molecule has 2 heterocycles. The van der Waals surface area contributed by atoms with Crippen molar-refractivity contribution >= 4 is 16.9 Å². The first kappa shape index (κ1) is 15.9. The molecule has 0 amide bonds. The van der Waals surface area contributed by atoms with E-state index in [1.54, 1.807) is 5.57 Å². The maximum atomic E-state index is 4.81. The van der Waals surface area contributed by atoms with Crippen LogP contribution in [0.15, 0.2) is 48.0 Å². The molecule has 0 atom stereocenters. The van der Waals surface area contributed by atoms with E-state index in [2.05, 4.69) is 29.4 Å². The second kappa shape index (κ2) is 7.09. The molecule has 25 heavy (non-hydrogen) atoms. The van der Waals surface area contributed by atoms with Crippen LogP contribution in [-0.2, 0) is 0 Å². The third kappa shape index (κ3) is 3.58. The molecule has 0 spiro atoms. The largest absolute Gasteiger partial charge is 0.369 e. The van der Waals surface area contributed by atoms with Crippen LogP contribution >= 0.6 is 0 Å². The molecule has 2 N–H and O–H groups in total. The quantitative estimate of drug-likeness (QED) is 0.629. The fourth-order valence-corrected chi connectivity index (χ4v) is 3.47. The molecule has 4 heteroatoms. The number of hydrogen-bond donors (Lipinski definition) is 2. The summed E-state index contributed by atoms with van der Waals surface area (Å²) < 4.78 is 0. The number of fused-ring (bicyclic) bond motifs is 1. The second-order valence-corrected chi connectivity index (χ2v) is 6.76. The maximum absolute atomic E-state index is 4.81. The SMILES string of the molecule is Cc1cc2c(NCCC3=CCCCC3)nc(-c3ccccc3)nc2[nH]1. The smallest absolute Gasteiger partial charge is 0.163 e. The third-order valence-electron chi connectivity index (χ3n) is 4.78. The highest BCUT2D eigenvalue weighted by molar-refractivity contribution is 5.89. The first-order valence-corrected chi connectivity index (χ1v) is 9.14. The molecule has 4 nitrogen and oxygen atoms in total. The van der Waals surface area contributed by atoms with E-state index in [4.69, 9.17) is 9.97 Å². The summed E-state index contributed by atoms with van der Waals surface area (Å²) in [4.78, 5) is 12.9. The van der Waals surface area contributed by atoms with Crippen molar-refractivity contribution in [1.29, 1.82) is 0 Å². The van der Waals surface area contributed by atoms with Gasteiger partial charge in [-0.3, -0.25) is 0 Å². The molecule has 0 unspecified atom stereocenters. The van der Waals surface area contributed by atoms with Crippen LogP contribution in [0.2, 0.25) is 0 Å². The summed E-state index contributed by atoms with van der Waals surface area (Å²) in [5.74, 6) is 1.68. The molecule has 0 fully saturated rings. The highest BCUT2D eigenvalue weighted by Crippen LogP contribution is 2.26. The van der Waals surface area contributed by atoms with Gasteiger partial charge in [-0.2, -0.15) is 0 Å². The van der Waals surface area contributed by atoms with Gasteiger partial charge in [0.1, 0.15) is 11.5 Å². The van der Waals surface area contributed by atoms with E-state index >= 15 is 0 Å². The number of H-pyrrole nitrogens is 1. The Balaban J connectivity index is 1.61. The number of allylic oxidation sites excluding steroid dienone is 1. The van der Waals surface area contributed by atoms with E-state index in [1.807, 2.05) is 30.3 Å². The molecule has 0 aliphatic heterocycles. The maximum Gasteiger partial charge on any atom is 0.163 e. The Morgan fingerprint density at radius 3 is 2.80 bits per heavy atom. The van der Waals surface area contributed by atoms with Gasteiger partial charge in [0.25, 0.3) is 0 Å². The number of hydrogen-bond acceptors (Lipinski definition) is 3. The monoisotopic (exact) mass is 332 g/mol. The lowest BCUT2D eigenvalue weighted by molar-refractivity contribution is 0.679. The molecule has 0 saturated heterocycles. The highest BCUT2D eigenvalue weighted by atomic mass is 15.1. The molecule has 0 radical (unpaired) electrons. The zero-order valence-corrected chi connectivity index (χ0v) is 14.7. The Labute approximate surface area is 148 Å². The van der Waals surface area contributed by atoms with Crippen LogP contribution in [0.4, 0.5) is 5.82 Å². The lowest BCUT2D eigenvalue weighted by Gasteiger charge is -2.14. The number of nitrogens with one attached hydrogen (secondary N) is 2. The van der Waals surface area contributed by atoms with Gasteiger partial charge in [-0.25, -0.2) is 9.97 Å². The van der Waals surface area contributed by atoms with Gasteiger partial charge in [-0.15, -0.1) is 0 Å². The predicted octanol–water partition coefficient (Wildman–Crippen LogP) is 5.24. The Kier molecular flexibility index (Phi) is 4.51. The van der Waals surface area contributed by atoms with Gasteiger partial charge in [0.15, 0.2) is 5.82 Å². The van der Waals surface area contributed by atoms with Gasteiger partial charge >= 0.3 is 0 Å². The summed E-state index contributed by atoms with van der Waals surface area (Å²) in [6.45, 7) is 2.97. The average Bonchev–Trinajstić information content (AvgIpc) is 3.03. The van der Waals surface area contributed by atoms with Gasteiger partial charge in [0, 0.05) is 17.8 Å². The Bertz CT molecular complexity index is 893. The Morgan fingerprint density at radius 2 is 2.00 bits per heavy atom. The molecule has 1 aliphatic carbocycles. The van der Waals surface area contributed by atoms with E-state index in [0.717, 1.165) is 46.9 Å². The van der Waals surface area contributed by atoms with Crippen molar-refractivity contribution in [2.75, 3.05) is 11.9 Å². The molecular weight excluding hydrogens is 308 g/mol. The second-order valence-electron chi connectivity index (χ2n) is 6.76. The van der Waals surface area contributed by atoms with Crippen LogP contribution in [0, 0.1) is 6.92 Å². The van der Waals surface area contributed by atoms with Crippen molar-refractivity contribution in [2.45, 2.75) is 39.0 Å². The Morgan fingerprint density at radius 1 is 1.12 bits per heavy atom. The zero-order valence-electron chi connectivity index (χ0n) is 14.7. The predicted molar refractivity (Wildman–Crippen MR) is 104 cm³/mol. The van der Waals surface area contributed by atoms with Gasteiger partial charge < -0.3 is 10.3 Å². The van der Waals surface area contributed by atoms with E-state index in [9.17, 15) is 0 Å². The first-order valence-electron chi connectivity index (χ1n) is 9.14. The minimum absolute atomic E-state index is 0.759. The van der Waals surface area contributed by atoms with Crippen molar-refractivity contribution in [3.63, 3.8) is 0 Å². The van der Waals surface area contributed by atoms with Crippen molar-refractivity contribution in [2.24, 2.45) is 0 Å². The van der Waals surface area contributed by atoms with E-state index in [1.165, 1.54) is 25.7 Å². The van der Waals surface area contributed by atoms with Crippen molar-refractivity contribution in [1.82, 2.24) is 15.0 Å². The van der Waals surface area contributed by atoms with Crippen LogP contribution in [0.3, 0.4) is 0 Å². The molecule has 1 aromatic carbocycles. The van der Waals surface area contributed by atoms with Crippen LogP contribution in [-0.4, -0.2) is 21.5 Å². The average molecular weight is 332 g/mol. The van der Waals surface area contributed by atoms with E-state index in [-0.39, 0.29) is 0 Å². The number of benzene rings is 1. The van der Waals surface area contributed by atoms with Crippen LogP contribution < -0.4 is 5.32 Å². The first-order chi connectivity index (χ1) is 12.3. The van der Waals surface area contributed by atoms with Crippen molar-refractivity contribution in [3.8, 4) is 11.4 Å². The molecule has 2 aromatic heterocycles. The normalized spacial score (nSPS) is 14.5. The minimum Gasteiger partial charge on any atom is -0.369 e. The van der Waals surface area contributed by atoms with Gasteiger partial charge in [-0.05, 0) is 45.1 Å². The zero-order chi connectivity index (χ0) is 17.1. The van der Waals surface area contributed by atoms with E-state index < -0.39 is 0 Å². The van der Waals surface area contributed by atoms with Gasteiger partial charge in [0.05, 0.1) is 5.39 Å². The number of rotatable bonds is 5. The summed E-state index contributed by atoms with van der Waals surface area (Å²) in [7, 11) is 0. The Hall–Kier alpha value is -2.62. The fourth-order valence-electron chi connectivity index (χ4n) is 3.47. The highest BCUT2D eigenvalue weighted by Gasteiger charge is 2.12. The molecule has 0 bridgehead atoms. The summed E-state index contributed by atoms with van der Waals surface area (Å²) in [5.41, 5.74) is 4.62. The van der Waals surface area contributed by atoms with Gasteiger partial charge in [0.2, 0.25) is 0 Å². The van der Waals surface area contributed by atoms with Crippen LogP contribution in [0.1, 0.15) is 37.8 Å². The lowest BCUT2D eigenvalue weighted by Crippen LogP contribution is -2.07. The van der Waals surface area contributed by atoms with Crippen molar-refractivity contribution < 1.29 is 0 Å². The summed E-state index contributed by atoms with van der Waals surface area (Å²) in [6.07, 6.45) is 8.67.